The number of aromatic nitrogens is 1. The molecule has 0 fully saturated rings. The minimum atomic E-state index is -0.177. The molecule has 3 rings (SSSR count). The van der Waals surface area contributed by atoms with Crippen LogP contribution in [-0.2, 0) is 0 Å². The van der Waals surface area contributed by atoms with Crippen molar-refractivity contribution < 1.29 is 4.79 Å². The van der Waals surface area contributed by atoms with Crippen molar-refractivity contribution in [2.45, 2.75) is 0 Å². The molecule has 0 unspecified atom stereocenters. The van der Waals surface area contributed by atoms with Crippen LogP contribution in [0, 0.1) is 0 Å². The van der Waals surface area contributed by atoms with Gasteiger partial charge >= 0.3 is 0 Å². The summed E-state index contributed by atoms with van der Waals surface area (Å²) in [5, 5.41) is 5.16. The zero-order chi connectivity index (χ0) is 12.5. The van der Waals surface area contributed by atoms with Gasteiger partial charge in [0.05, 0.1) is 9.90 Å². The van der Waals surface area contributed by atoms with Gasteiger partial charge in [-0.3, -0.25) is 4.79 Å². The number of carbonyl (C=O) groups excluding carboxylic acids is 1. The summed E-state index contributed by atoms with van der Waals surface area (Å²) in [5.41, 5.74) is 0. The summed E-state index contributed by atoms with van der Waals surface area (Å²) in [4.78, 5) is 16.7. The Morgan fingerprint density at radius 1 is 1.33 bits per heavy atom. The first-order chi connectivity index (χ1) is 8.74. The summed E-state index contributed by atoms with van der Waals surface area (Å²) in [6.45, 7) is 0. The first-order valence-corrected chi connectivity index (χ1v) is 7.20. The second-order valence-electron chi connectivity index (χ2n) is 3.55. The Morgan fingerprint density at radius 3 is 3.00 bits per heavy atom. The van der Waals surface area contributed by atoms with Crippen LogP contribution in [0.25, 0.3) is 9.40 Å². The number of nitrogens with one attached hydrogen (secondary N) is 1. The Morgan fingerprint density at radius 2 is 2.22 bits per heavy atom. The number of thiophene rings is 2. The van der Waals surface area contributed by atoms with Crippen LogP contribution in [0.2, 0.25) is 5.02 Å². The van der Waals surface area contributed by atoms with Crippen LogP contribution in [-0.4, -0.2) is 10.9 Å². The van der Waals surface area contributed by atoms with Crippen LogP contribution < -0.4 is 5.32 Å². The van der Waals surface area contributed by atoms with E-state index in [1.165, 1.54) is 11.3 Å². The van der Waals surface area contributed by atoms with E-state index in [0.29, 0.717) is 15.7 Å². The number of nitrogens with zero attached hydrogens (tertiary/aromatic N) is 1. The summed E-state index contributed by atoms with van der Waals surface area (Å²) in [7, 11) is 0. The highest BCUT2D eigenvalue weighted by Gasteiger charge is 2.12. The highest BCUT2D eigenvalue weighted by atomic mass is 35.5. The van der Waals surface area contributed by atoms with Crippen molar-refractivity contribution in [1.82, 2.24) is 4.98 Å². The summed E-state index contributed by atoms with van der Waals surface area (Å²) in [6, 6.07) is 7.31. The second-order valence-corrected chi connectivity index (χ2v) is 5.99. The van der Waals surface area contributed by atoms with E-state index < -0.39 is 0 Å². The fraction of sp³-hybridized carbons (Fsp3) is 0. The Balaban J connectivity index is 1.87. The third-order valence-corrected chi connectivity index (χ3v) is 4.75. The molecule has 3 aromatic heterocycles. The second kappa shape index (κ2) is 4.68. The lowest BCUT2D eigenvalue weighted by Gasteiger charge is -2.03. The van der Waals surface area contributed by atoms with Crippen LogP contribution >= 0.6 is 34.3 Å². The van der Waals surface area contributed by atoms with Gasteiger partial charge in [0.2, 0.25) is 0 Å². The topological polar surface area (TPSA) is 42.0 Å². The smallest absolute Gasteiger partial charge is 0.266 e. The van der Waals surface area contributed by atoms with Crippen LogP contribution in [0.1, 0.15) is 9.67 Å². The van der Waals surface area contributed by atoms with E-state index in [9.17, 15) is 4.79 Å². The molecule has 0 aromatic carbocycles. The molecule has 0 bridgehead atoms. The summed E-state index contributed by atoms with van der Waals surface area (Å²) in [6.07, 6.45) is 1.59. The normalized spacial score (nSPS) is 10.7. The van der Waals surface area contributed by atoms with Crippen LogP contribution in [0.4, 0.5) is 5.82 Å². The molecule has 0 saturated carbocycles. The van der Waals surface area contributed by atoms with E-state index in [4.69, 9.17) is 11.6 Å². The fourth-order valence-corrected chi connectivity index (χ4v) is 3.70. The predicted molar refractivity (Wildman–Crippen MR) is 76.9 cm³/mol. The van der Waals surface area contributed by atoms with Gasteiger partial charge in [-0.1, -0.05) is 11.6 Å². The van der Waals surface area contributed by atoms with Crippen molar-refractivity contribution >= 4 is 55.4 Å². The quantitative estimate of drug-likeness (QED) is 0.767. The minimum absolute atomic E-state index is 0.177. The van der Waals surface area contributed by atoms with Gasteiger partial charge in [0.1, 0.15) is 0 Å². The molecule has 0 saturated heterocycles. The number of pyridine rings is 1. The van der Waals surface area contributed by atoms with Crippen LogP contribution in [0.5, 0.6) is 0 Å². The molecule has 90 valence electrons. The number of carbonyl (C=O) groups is 1. The number of hydrogen-bond acceptors (Lipinski definition) is 4. The molecular weight excluding hydrogens is 288 g/mol. The van der Waals surface area contributed by atoms with Gasteiger partial charge in [-0.2, -0.15) is 0 Å². The monoisotopic (exact) mass is 294 g/mol. The van der Waals surface area contributed by atoms with Gasteiger partial charge in [-0.25, -0.2) is 4.98 Å². The van der Waals surface area contributed by atoms with Gasteiger partial charge in [-0.15, -0.1) is 22.7 Å². The van der Waals surface area contributed by atoms with Crippen molar-refractivity contribution in [2.24, 2.45) is 0 Å². The average Bonchev–Trinajstić information content (AvgIpc) is 2.92. The average molecular weight is 295 g/mol. The molecule has 3 nitrogen and oxygen atoms in total. The molecular formula is C12H7ClN2OS2. The molecule has 1 N–H and O–H groups in total. The molecule has 0 aliphatic carbocycles. The van der Waals surface area contributed by atoms with Gasteiger partial charge in [0.25, 0.3) is 5.91 Å². The lowest BCUT2D eigenvalue weighted by Crippen LogP contribution is -2.11. The third kappa shape index (κ3) is 2.12. The molecule has 1 amide bonds. The van der Waals surface area contributed by atoms with Gasteiger partial charge in [-0.05, 0) is 29.6 Å². The van der Waals surface area contributed by atoms with Gasteiger partial charge in [0.15, 0.2) is 5.82 Å². The van der Waals surface area contributed by atoms with E-state index in [2.05, 4.69) is 10.3 Å². The van der Waals surface area contributed by atoms with E-state index in [-0.39, 0.29) is 5.91 Å². The van der Waals surface area contributed by atoms with Crippen molar-refractivity contribution in [3.8, 4) is 0 Å². The lowest BCUT2D eigenvalue weighted by molar-refractivity contribution is 0.103. The molecule has 0 atom stereocenters. The van der Waals surface area contributed by atoms with E-state index in [1.54, 1.807) is 29.7 Å². The Kier molecular flexibility index (Phi) is 3.03. The maximum absolute atomic E-state index is 12.0. The molecule has 0 spiro atoms. The Bertz CT molecular complexity index is 691. The van der Waals surface area contributed by atoms with Gasteiger partial charge < -0.3 is 5.32 Å². The number of halogens is 1. The molecule has 3 aromatic rings. The number of anilines is 1. The number of amides is 1. The highest BCUT2D eigenvalue weighted by molar-refractivity contribution is 7.27. The lowest BCUT2D eigenvalue weighted by atomic mass is 10.4. The maximum atomic E-state index is 12.0. The van der Waals surface area contributed by atoms with Gasteiger partial charge in [0, 0.05) is 15.6 Å². The molecule has 18 heavy (non-hydrogen) atoms. The predicted octanol–water partition coefficient (Wildman–Crippen LogP) is 4.26. The number of rotatable bonds is 2. The fourth-order valence-electron chi connectivity index (χ4n) is 1.52. The zero-order valence-electron chi connectivity index (χ0n) is 9.01. The molecule has 6 heteroatoms. The largest absolute Gasteiger partial charge is 0.305 e. The van der Waals surface area contributed by atoms with Crippen molar-refractivity contribution in [2.75, 3.05) is 5.32 Å². The van der Waals surface area contributed by atoms with Crippen molar-refractivity contribution in [3.05, 3.63) is 45.7 Å². The zero-order valence-corrected chi connectivity index (χ0v) is 11.4. The third-order valence-electron chi connectivity index (χ3n) is 2.35. The molecule has 0 aliphatic rings. The first-order valence-electron chi connectivity index (χ1n) is 5.13. The maximum Gasteiger partial charge on any atom is 0.266 e. The van der Waals surface area contributed by atoms with Crippen LogP contribution in [0.3, 0.4) is 0 Å². The number of hydrogen-bond donors (Lipinski definition) is 1. The summed E-state index contributed by atoms with van der Waals surface area (Å²) >= 11 is 9.03. The Labute approximate surface area is 116 Å². The molecule has 0 aliphatic heterocycles. The Hall–Kier alpha value is -1.43. The standard InChI is InChI=1S/C12H7ClN2OS2/c13-7-2-1-4-14-11(7)15-12(16)10-6-9-8(18-10)3-5-17-9/h1-6H,(H,14,15,16). The van der Waals surface area contributed by atoms with Crippen LogP contribution in [0.15, 0.2) is 35.8 Å². The highest BCUT2D eigenvalue weighted by Crippen LogP contribution is 2.30. The SMILES string of the molecule is O=C(Nc1ncccc1Cl)c1cc2sccc2s1. The van der Waals surface area contributed by atoms with Crippen molar-refractivity contribution in [1.29, 1.82) is 0 Å². The van der Waals surface area contributed by atoms with E-state index >= 15 is 0 Å². The summed E-state index contributed by atoms with van der Waals surface area (Å²) < 4.78 is 2.24. The van der Waals surface area contributed by atoms with E-state index in [0.717, 1.165) is 9.40 Å². The van der Waals surface area contributed by atoms with E-state index in [1.807, 2.05) is 17.5 Å². The van der Waals surface area contributed by atoms with Crippen molar-refractivity contribution in [3.63, 3.8) is 0 Å². The number of fused-ring (bicyclic) bond motifs is 1. The minimum Gasteiger partial charge on any atom is -0.305 e. The molecule has 0 radical (unpaired) electrons. The summed E-state index contributed by atoms with van der Waals surface area (Å²) in [5.74, 6) is 0.213. The molecule has 3 heterocycles. The first kappa shape index (κ1) is 11.6.